The van der Waals surface area contributed by atoms with Gasteiger partial charge in [-0.25, -0.2) is 27.3 Å². The van der Waals surface area contributed by atoms with Crippen LogP contribution in [0.5, 0.6) is 5.75 Å². The normalized spacial score (nSPS) is 17.5. The number of benzene rings is 1. The van der Waals surface area contributed by atoms with Crippen LogP contribution < -0.4 is 19.7 Å². The van der Waals surface area contributed by atoms with E-state index in [0.29, 0.717) is 18.1 Å². The van der Waals surface area contributed by atoms with Crippen LogP contribution in [-0.4, -0.2) is 44.2 Å². The molecule has 1 aromatic carbocycles. The average Bonchev–Trinajstić information content (AvgIpc) is 3.33. The molecule has 2 aromatic rings. The molecule has 2 N–H and O–H groups in total. The molecule has 2 aliphatic rings. The van der Waals surface area contributed by atoms with Crippen molar-refractivity contribution in [1.29, 1.82) is 0 Å². The summed E-state index contributed by atoms with van der Waals surface area (Å²) in [5.74, 6) is -0.514. The van der Waals surface area contributed by atoms with E-state index in [-0.39, 0.29) is 36.2 Å². The molecule has 0 radical (unpaired) electrons. The van der Waals surface area contributed by atoms with E-state index in [1.165, 1.54) is 24.4 Å². The van der Waals surface area contributed by atoms with Crippen LogP contribution in [0, 0.1) is 11.7 Å². The van der Waals surface area contributed by atoms with Gasteiger partial charge in [0.15, 0.2) is 17.5 Å². The molecule has 0 unspecified atom stereocenters. The van der Waals surface area contributed by atoms with E-state index in [2.05, 4.69) is 15.0 Å². The van der Waals surface area contributed by atoms with Crippen LogP contribution in [0.3, 0.4) is 0 Å². The second-order valence-corrected chi connectivity index (χ2v) is 9.76. The largest absolute Gasteiger partial charge is 0.490 e. The number of aryl methyl sites for hydroxylation is 1. The Bertz CT molecular complexity index is 1130. The number of anilines is 1. The number of rotatable bonds is 10. The van der Waals surface area contributed by atoms with Crippen LogP contribution >= 0.6 is 0 Å². The van der Waals surface area contributed by atoms with Crippen LogP contribution in [0.4, 0.5) is 15.1 Å². The van der Waals surface area contributed by atoms with Crippen molar-refractivity contribution in [2.24, 2.45) is 5.92 Å². The highest BCUT2D eigenvalue weighted by molar-refractivity contribution is 7.89. The van der Waals surface area contributed by atoms with Gasteiger partial charge in [0.25, 0.3) is 0 Å². The molecule has 1 aliphatic carbocycles. The number of carbonyl (C=O) groups is 2. The fourth-order valence-electron chi connectivity index (χ4n) is 3.17. The topological polar surface area (TPSA) is 131 Å². The first-order chi connectivity index (χ1) is 15.2. The molecule has 3 amide bonds. The summed E-state index contributed by atoms with van der Waals surface area (Å²) in [7, 11) is -3.73. The van der Waals surface area contributed by atoms with Crippen LogP contribution in [0.15, 0.2) is 28.8 Å². The lowest BCUT2D eigenvalue weighted by atomic mass is 10.1. The molecular formula is C20H23FN4O6S. The third-order valence-electron chi connectivity index (χ3n) is 5.17. The second kappa shape index (κ2) is 8.87. The first kappa shape index (κ1) is 22.2. The highest BCUT2D eigenvalue weighted by atomic mass is 32.2. The number of ether oxygens (including phenoxy) is 1. The van der Waals surface area contributed by atoms with Gasteiger partial charge in [0.2, 0.25) is 21.8 Å². The van der Waals surface area contributed by atoms with Gasteiger partial charge >= 0.3 is 6.03 Å². The minimum absolute atomic E-state index is 0.0371. The Morgan fingerprint density at radius 1 is 1.38 bits per heavy atom. The summed E-state index contributed by atoms with van der Waals surface area (Å²) in [6, 6.07) is 3.04. The summed E-state index contributed by atoms with van der Waals surface area (Å²) in [4.78, 5) is 28.0. The molecule has 1 aliphatic heterocycles. The smallest absolute Gasteiger partial charge is 0.331 e. The van der Waals surface area contributed by atoms with Crippen LogP contribution in [0.1, 0.15) is 37.3 Å². The zero-order valence-corrected chi connectivity index (χ0v) is 18.2. The molecule has 2 fully saturated rings. The monoisotopic (exact) mass is 466 g/mol. The summed E-state index contributed by atoms with van der Waals surface area (Å²) in [5.41, 5.74) is 0.573. The van der Waals surface area contributed by atoms with Crippen LogP contribution in [-0.2, 0) is 21.2 Å². The number of carbonyl (C=O) groups excluding carboxylic acids is 2. The second-order valence-electron chi connectivity index (χ2n) is 7.88. The number of hydrogen-bond acceptors (Lipinski definition) is 7. The number of nitrogens with one attached hydrogen (secondary N) is 2. The van der Waals surface area contributed by atoms with Crippen molar-refractivity contribution in [1.82, 2.24) is 15.0 Å². The average molecular weight is 466 g/mol. The Morgan fingerprint density at radius 2 is 2.16 bits per heavy atom. The van der Waals surface area contributed by atoms with E-state index in [1.807, 2.05) is 0 Å². The van der Waals surface area contributed by atoms with Crippen molar-refractivity contribution in [2.75, 3.05) is 23.8 Å². The molecule has 1 saturated carbocycles. The molecule has 0 spiro atoms. The Labute approximate surface area is 184 Å². The van der Waals surface area contributed by atoms with Gasteiger partial charge in [-0.2, -0.15) is 0 Å². The highest BCUT2D eigenvalue weighted by Gasteiger charge is 2.30. The molecule has 1 saturated heterocycles. The number of halogens is 1. The summed E-state index contributed by atoms with van der Waals surface area (Å²) in [6.07, 6.45) is 3.38. The Hall–Kier alpha value is -2.99. The first-order valence-electron chi connectivity index (χ1n) is 10.2. The molecule has 1 atom stereocenters. The number of nitrogens with zero attached hydrogens (tertiary/aromatic N) is 2. The number of sulfonamides is 1. The highest BCUT2D eigenvalue weighted by Crippen LogP contribution is 2.31. The SMILES string of the molecule is C[C@@H](NS(=O)(=O)CCc1ncc(N2CC(=O)NC2=O)o1)c1ccc(F)c(OCC2CC2)c1. The van der Waals surface area contributed by atoms with E-state index in [4.69, 9.17) is 9.15 Å². The van der Waals surface area contributed by atoms with Gasteiger partial charge in [0.05, 0.1) is 18.6 Å². The van der Waals surface area contributed by atoms with Gasteiger partial charge in [-0.05, 0) is 43.4 Å². The number of oxazole rings is 1. The maximum absolute atomic E-state index is 14.0. The van der Waals surface area contributed by atoms with E-state index in [9.17, 15) is 22.4 Å². The van der Waals surface area contributed by atoms with Gasteiger partial charge in [0.1, 0.15) is 6.54 Å². The summed E-state index contributed by atoms with van der Waals surface area (Å²) in [5, 5.41) is 2.11. The molecule has 2 heterocycles. The van der Waals surface area contributed by atoms with E-state index < -0.39 is 33.8 Å². The van der Waals surface area contributed by atoms with Gasteiger partial charge in [-0.1, -0.05) is 6.07 Å². The van der Waals surface area contributed by atoms with Crippen molar-refractivity contribution in [3.8, 4) is 5.75 Å². The third kappa shape index (κ3) is 5.43. The number of amides is 3. The number of urea groups is 1. The maximum atomic E-state index is 14.0. The van der Waals surface area contributed by atoms with Gasteiger partial charge in [-0.15, -0.1) is 0 Å². The maximum Gasteiger partial charge on any atom is 0.331 e. The summed E-state index contributed by atoms with van der Waals surface area (Å²) >= 11 is 0. The molecule has 32 heavy (non-hydrogen) atoms. The summed E-state index contributed by atoms with van der Waals surface area (Å²) < 4.78 is 52.5. The minimum atomic E-state index is -3.73. The third-order valence-corrected chi connectivity index (χ3v) is 6.62. The molecular weight excluding hydrogens is 443 g/mol. The van der Waals surface area contributed by atoms with Crippen molar-refractivity contribution in [2.45, 2.75) is 32.2 Å². The van der Waals surface area contributed by atoms with E-state index in [0.717, 1.165) is 17.7 Å². The van der Waals surface area contributed by atoms with Crippen molar-refractivity contribution in [3.63, 3.8) is 0 Å². The van der Waals surface area contributed by atoms with Crippen molar-refractivity contribution >= 4 is 27.8 Å². The standard InChI is InChI=1S/C20H23FN4O6S/c1-12(14-4-5-15(21)16(8-14)30-11-13-2-3-13)24-32(28,29)7-6-18-22-9-19(31-18)25-10-17(26)23-20(25)27/h4-5,8-9,12-13,24H,2-3,6-7,10-11H2,1H3,(H,23,26,27)/t12-/m1/s1. The van der Waals surface area contributed by atoms with Crippen LogP contribution in [0.2, 0.25) is 0 Å². The van der Waals surface area contributed by atoms with Gasteiger partial charge in [0, 0.05) is 12.5 Å². The predicted octanol–water partition coefficient (Wildman–Crippen LogP) is 1.88. The zero-order valence-electron chi connectivity index (χ0n) is 17.3. The lowest BCUT2D eigenvalue weighted by Crippen LogP contribution is -2.30. The Balaban J connectivity index is 1.33. The Kier molecular flexibility index (Phi) is 6.15. The summed E-state index contributed by atoms with van der Waals surface area (Å²) in [6.45, 7) is 1.92. The predicted molar refractivity (Wildman–Crippen MR) is 111 cm³/mol. The molecule has 1 aromatic heterocycles. The number of hydrogen-bond donors (Lipinski definition) is 2. The van der Waals surface area contributed by atoms with E-state index in [1.54, 1.807) is 6.92 Å². The Morgan fingerprint density at radius 3 is 2.84 bits per heavy atom. The fourth-order valence-corrected chi connectivity index (χ4v) is 4.41. The van der Waals surface area contributed by atoms with Gasteiger partial charge in [-0.3, -0.25) is 15.0 Å². The number of aromatic nitrogens is 1. The molecule has 10 nitrogen and oxygen atoms in total. The van der Waals surface area contributed by atoms with Crippen molar-refractivity contribution < 1.29 is 31.6 Å². The molecule has 4 rings (SSSR count). The molecule has 172 valence electrons. The zero-order chi connectivity index (χ0) is 22.9. The van der Waals surface area contributed by atoms with Gasteiger partial charge < -0.3 is 9.15 Å². The molecule has 0 bridgehead atoms. The van der Waals surface area contributed by atoms with Crippen LogP contribution in [0.25, 0.3) is 0 Å². The van der Waals surface area contributed by atoms with E-state index >= 15 is 0 Å². The number of imide groups is 1. The fraction of sp³-hybridized carbons (Fsp3) is 0.450. The molecule has 12 heteroatoms. The first-order valence-corrected chi connectivity index (χ1v) is 11.8. The quantitative estimate of drug-likeness (QED) is 0.511. The lowest BCUT2D eigenvalue weighted by molar-refractivity contribution is -0.117. The van der Waals surface area contributed by atoms with Crippen molar-refractivity contribution in [3.05, 3.63) is 41.7 Å². The minimum Gasteiger partial charge on any atom is -0.490 e. The lowest BCUT2D eigenvalue weighted by Gasteiger charge is -2.16.